The zero-order valence-corrected chi connectivity index (χ0v) is 16.0. The van der Waals surface area contributed by atoms with E-state index in [1.54, 1.807) is 36.8 Å². The van der Waals surface area contributed by atoms with Gasteiger partial charge in [0.05, 0.1) is 11.0 Å². The van der Waals surface area contributed by atoms with Gasteiger partial charge >= 0.3 is 6.03 Å². The van der Waals surface area contributed by atoms with Crippen molar-refractivity contribution < 1.29 is 9.59 Å². The van der Waals surface area contributed by atoms with Crippen molar-refractivity contribution in [2.75, 3.05) is 11.9 Å². The third-order valence-electron chi connectivity index (χ3n) is 4.32. The Morgan fingerprint density at radius 3 is 2.57 bits per heavy atom. The zero-order valence-electron chi connectivity index (χ0n) is 16.0. The molecule has 4 rings (SSSR count). The molecule has 30 heavy (non-hydrogen) atoms. The summed E-state index contributed by atoms with van der Waals surface area (Å²) < 4.78 is 0. The average molecular weight is 402 g/mol. The molecule has 0 atom stereocenters. The van der Waals surface area contributed by atoms with Gasteiger partial charge in [-0.05, 0) is 36.8 Å². The monoisotopic (exact) mass is 402 g/mol. The molecule has 4 aromatic rings. The van der Waals surface area contributed by atoms with Crippen LogP contribution in [0.2, 0.25) is 0 Å². The summed E-state index contributed by atoms with van der Waals surface area (Å²) in [6.07, 6.45) is 4.86. The lowest BCUT2D eigenvalue weighted by Gasteiger charge is -2.07. The average Bonchev–Trinajstić information content (AvgIpc) is 3.16. The molecule has 0 unspecified atom stereocenters. The number of primary amides is 1. The molecule has 0 aliphatic carbocycles. The summed E-state index contributed by atoms with van der Waals surface area (Å²) in [5, 5.41) is 5.32. The van der Waals surface area contributed by atoms with Crippen LogP contribution < -0.4 is 16.4 Å². The highest BCUT2D eigenvalue weighted by Crippen LogP contribution is 2.32. The maximum Gasteiger partial charge on any atom is 0.321 e. The second-order valence-corrected chi connectivity index (χ2v) is 6.36. The van der Waals surface area contributed by atoms with Crippen molar-refractivity contribution in [2.45, 2.75) is 6.92 Å². The van der Waals surface area contributed by atoms with Crippen molar-refractivity contribution in [1.29, 1.82) is 0 Å². The number of nitrogens with zero attached hydrogens (tertiary/aromatic N) is 4. The zero-order chi connectivity index (χ0) is 21.1. The number of fused-ring (bicyclic) bond motifs is 1. The molecule has 3 amide bonds. The summed E-state index contributed by atoms with van der Waals surface area (Å²) in [5.74, 6) is 0.204. The predicted molar refractivity (Wildman–Crippen MR) is 112 cm³/mol. The lowest BCUT2D eigenvalue weighted by Crippen LogP contribution is -2.28. The number of carbonyl (C=O) groups is 2. The van der Waals surface area contributed by atoms with Gasteiger partial charge in [-0.1, -0.05) is 6.07 Å². The fourth-order valence-corrected chi connectivity index (χ4v) is 2.98. The van der Waals surface area contributed by atoms with Crippen molar-refractivity contribution >= 4 is 28.9 Å². The number of H-pyrrole nitrogens is 1. The molecule has 5 N–H and O–H groups in total. The van der Waals surface area contributed by atoms with E-state index in [1.807, 2.05) is 19.1 Å². The van der Waals surface area contributed by atoms with E-state index < -0.39 is 5.91 Å². The van der Waals surface area contributed by atoms with E-state index in [9.17, 15) is 9.59 Å². The molecular weight excluding hydrogens is 384 g/mol. The largest absolute Gasteiger partial charge is 0.364 e. The first kappa shape index (κ1) is 19.0. The van der Waals surface area contributed by atoms with Crippen molar-refractivity contribution in [1.82, 2.24) is 30.2 Å². The van der Waals surface area contributed by atoms with Crippen LogP contribution in [0.5, 0.6) is 0 Å². The van der Waals surface area contributed by atoms with Crippen molar-refractivity contribution in [2.24, 2.45) is 5.73 Å². The first-order valence-corrected chi connectivity index (χ1v) is 9.17. The van der Waals surface area contributed by atoms with Crippen molar-refractivity contribution in [3.05, 3.63) is 54.6 Å². The van der Waals surface area contributed by atoms with Crippen LogP contribution in [0.25, 0.3) is 33.5 Å². The van der Waals surface area contributed by atoms with Gasteiger partial charge in [0.25, 0.3) is 5.91 Å². The van der Waals surface area contributed by atoms with E-state index >= 15 is 0 Å². The molecule has 1 aromatic carbocycles. The molecule has 150 valence electrons. The number of urea groups is 1. The second-order valence-electron chi connectivity index (χ2n) is 6.36. The van der Waals surface area contributed by atoms with E-state index in [4.69, 9.17) is 5.73 Å². The summed E-state index contributed by atoms with van der Waals surface area (Å²) in [4.78, 5) is 43.5. The molecule has 0 saturated heterocycles. The van der Waals surface area contributed by atoms with Gasteiger partial charge < -0.3 is 16.0 Å². The molecule has 0 bridgehead atoms. The second kappa shape index (κ2) is 7.95. The Bertz CT molecular complexity index is 1220. The number of hydrogen-bond donors (Lipinski definition) is 4. The molecule has 0 aliphatic rings. The van der Waals surface area contributed by atoms with Crippen LogP contribution in [-0.2, 0) is 0 Å². The van der Waals surface area contributed by atoms with Gasteiger partial charge in [0, 0.05) is 36.3 Å². The van der Waals surface area contributed by atoms with Crippen LogP contribution in [0.4, 0.5) is 10.7 Å². The molecule has 0 saturated carbocycles. The predicted octanol–water partition coefficient (Wildman–Crippen LogP) is 2.32. The molecule has 10 heteroatoms. The number of rotatable bonds is 5. The highest BCUT2D eigenvalue weighted by Gasteiger charge is 2.15. The summed E-state index contributed by atoms with van der Waals surface area (Å²) in [6, 6.07) is 8.43. The van der Waals surface area contributed by atoms with E-state index in [0.717, 1.165) is 11.1 Å². The fourth-order valence-electron chi connectivity index (χ4n) is 2.98. The maximum absolute atomic E-state index is 11.9. The number of imidazole rings is 1. The number of amides is 3. The van der Waals surface area contributed by atoms with Gasteiger partial charge in [-0.3, -0.25) is 15.1 Å². The number of carbonyl (C=O) groups excluding carboxylic acids is 2. The first-order chi connectivity index (χ1) is 14.5. The summed E-state index contributed by atoms with van der Waals surface area (Å²) in [6.45, 7) is 2.32. The fraction of sp³-hybridized carbons (Fsp3) is 0.100. The van der Waals surface area contributed by atoms with Crippen LogP contribution in [0.1, 0.15) is 17.4 Å². The minimum absolute atomic E-state index is 0.180. The van der Waals surface area contributed by atoms with Gasteiger partial charge in [0.1, 0.15) is 5.69 Å². The summed E-state index contributed by atoms with van der Waals surface area (Å²) in [7, 11) is 0. The molecule has 3 heterocycles. The van der Waals surface area contributed by atoms with Crippen molar-refractivity contribution in [3.63, 3.8) is 0 Å². The normalized spacial score (nSPS) is 10.7. The molecule has 0 spiro atoms. The smallest absolute Gasteiger partial charge is 0.321 e. The standard InChI is InChI=1S/C20H18N8O2/c1-2-22-20(30)28-19-26-15-9-12(11-4-5-14(17(21)29)25-10-11)8-13(16(15)27-19)18-23-6-3-7-24-18/h3-10H,2H2,1H3,(H2,21,29)(H3,22,26,27,28,30). The number of anilines is 1. The van der Waals surface area contributed by atoms with E-state index in [1.165, 1.54) is 0 Å². The van der Waals surface area contributed by atoms with Gasteiger partial charge in [-0.25, -0.2) is 19.7 Å². The third kappa shape index (κ3) is 3.78. The first-order valence-electron chi connectivity index (χ1n) is 9.17. The molecule has 0 radical (unpaired) electrons. The number of hydrogen-bond acceptors (Lipinski definition) is 6. The Balaban J connectivity index is 1.83. The number of benzene rings is 1. The van der Waals surface area contributed by atoms with Crippen LogP contribution in [-0.4, -0.2) is 43.4 Å². The Labute approximate surface area is 171 Å². The minimum Gasteiger partial charge on any atom is -0.364 e. The van der Waals surface area contributed by atoms with Gasteiger partial charge in [-0.15, -0.1) is 0 Å². The lowest BCUT2D eigenvalue weighted by atomic mass is 10.0. The molecule has 0 aliphatic heterocycles. The van der Waals surface area contributed by atoms with E-state index in [0.29, 0.717) is 34.9 Å². The maximum atomic E-state index is 11.9. The highest BCUT2D eigenvalue weighted by atomic mass is 16.2. The Morgan fingerprint density at radius 2 is 1.90 bits per heavy atom. The Hall–Kier alpha value is -4.34. The SMILES string of the molecule is CCNC(=O)Nc1nc2cc(-c3ccc(C(N)=O)nc3)cc(-c3ncccn3)c2[nH]1. The van der Waals surface area contributed by atoms with E-state index in [-0.39, 0.29) is 11.7 Å². The van der Waals surface area contributed by atoms with Crippen LogP contribution in [0.15, 0.2) is 48.9 Å². The topological polar surface area (TPSA) is 152 Å². The summed E-state index contributed by atoms with van der Waals surface area (Å²) in [5.41, 5.74) is 9.01. The number of pyridine rings is 1. The lowest BCUT2D eigenvalue weighted by molar-refractivity contribution is 0.0995. The number of aromatic nitrogens is 5. The number of nitrogens with one attached hydrogen (secondary N) is 3. The minimum atomic E-state index is -0.594. The molecule has 10 nitrogen and oxygen atoms in total. The van der Waals surface area contributed by atoms with E-state index in [2.05, 4.69) is 35.6 Å². The van der Waals surface area contributed by atoms with Crippen LogP contribution in [0, 0.1) is 0 Å². The third-order valence-corrected chi connectivity index (χ3v) is 4.32. The summed E-state index contributed by atoms with van der Waals surface area (Å²) >= 11 is 0. The Morgan fingerprint density at radius 1 is 1.10 bits per heavy atom. The molecular formula is C20H18N8O2. The highest BCUT2D eigenvalue weighted by molar-refractivity contribution is 5.97. The van der Waals surface area contributed by atoms with Gasteiger partial charge in [-0.2, -0.15) is 0 Å². The molecule has 3 aromatic heterocycles. The van der Waals surface area contributed by atoms with Gasteiger partial charge in [0.15, 0.2) is 5.82 Å². The number of aromatic amines is 1. The quantitative estimate of drug-likeness (QED) is 0.402. The number of nitrogens with two attached hydrogens (primary N) is 1. The van der Waals surface area contributed by atoms with Crippen LogP contribution in [0.3, 0.4) is 0 Å². The van der Waals surface area contributed by atoms with Crippen molar-refractivity contribution in [3.8, 4) is 22.5 Å². The van der Waals surface area contributed by atoms with Crippen LogP contribution >= 0.6 is 0 Å². The Kier molecular flexibility index (Phi) is 5.04. The van der Waals surface area contributed by atoms with Gasteiger partial charge in [0.2, 0.25) is 5.95 Å². The molecule has 0 fully saturated rings.